The molecule has 1 N–H and O–H groups in total. The molecule has 0 aromatic heterocycles. The Morgan fingerprint density at radius 1 is 0.939 bits per heavy atom. The van der Waals surface area contributed by atoms with Crippen LogP contribution in [0.3, 0.4) is 0 Å². The third-order valence-electron chi connectivity index (χ3n) is 5.35. The van der Waals surface area contributed by atoms with Crippen molar-refractivity contribution in [2.45, 2.75) is 24.3 Å². The Kier molecular flexibility index (Phi) is 10.1. The molecule has 0 spiro atoms. The van der Waals surface area contributed by atoms with Crippen molar-refractivity contribution in [3.63, 3.8) is 0 Å². The van der Waals surface area contributed by atoms with Crippen molar-refractivity contribution in [1.82, 2.24) is 9.62 Å². The van der Waals surface area contributed by atoms with Gasteiger partial charge in [-0.2, -0.15) is 11.8 Å². The summed E-state index contributed by atoms with van der Waals surface area (Å²) in [6.45, 7) is 1.21. The van der Waals surface area contributed by atoms with E-state index in [-0.39, 0.29) is 17.6 Å². The van der Waals surface area contributed by atoms with Crippen LogP contribution >= 0.6 is 58.2 Å². The molecule has 180 valence electrons. The Balaban J connectivity index is 1.38. The number of piperidine rings is 1. The first kappa shape index (κ1) is 26.9. The molecule has 1 heterocycles. The van der Waals surface area contributed by atoms with Crippen molar-refractivity contribution >= 4 is 74.1 Å². The van der Waals surface area contributed by atoms with Crippen LogP contribution in [0.2, 0.25) is 20.1 Å². The van der Waals surface area contributed by atoms with Gasteiger partial charge < -0.3 is 5.32 Å². The van der Waals surface area contributed by atoms with E-state index in [1.807, 2.05) is 12.1 Å². The summed E-state index contributed by atoms with van der Waals surface area (Å²) in [5, 5.41) is 4.75. The molecule has 33 heavy (non-hydrogen) atoms. The predicted molar refractivity (Wildman–Crippen MR) is 139 cm³/mol. The lowest BCUT2D eigenvalue weighted by Gasteiger charge is -2.30. The molecule has 2 aromatic rings. The molecule has 0 atom stereocenters. The number of halogens is 4. The second kappa shape index (κ2) is 12.3. The Hall–Kier alpha value is -0.670. The lowest BCUT2D eigenvalue weighted by Crippen LogP contribution is -2.43. The second-order valence-corrected chi connectivity index (χ2v) is 12.5. The van der Waals surface area contributed by atoms with Gasteiger partial charge in [-0.15, -0.1) is 0 Å². The minimum absolute atomic E-state index is 0.0216. The topological polar surface area (TPSA) is 66.5 Å². The van der Waals surface area contributed by atoms with Crippen LogP contribution in [0, 0.1) is 5.92 Å². The highest BCUT2D eigenvalue weighted by Crippen LogP contribution is 2.27. The third kappa shape index (κ3) is 7.92. The summed E-state index contributed by atoms with van der Waals surface area (Å²) in [7, 11) is -3.49. The molecule has 1 saturated heterocycles. The molecule has 1 aliphatic rings. The maximum atomic E-state index is 12.8. The van der Waals surface area contributed by atoms with E-state index in [0.29, 0.717) is 58.1 Å². The molecule has 5 nitrogen and oxygen atoms in total. The van der Waals surface area contributed by atoms with Crippen LogP contribution in [0.25, 0.3) is 0 Å². The molecular weight excluding hydrogens is 546 g/mol. The standard InChI is InChI=1S/C22H24Cl4N2O3S2/c23-18-3-1-15(11-20(18)25)13-32-10-7-27-22(29)17-5-8-28(9-6-17)33(30,31)14-16-2-4-19(24)21(26)12-16/h1-4,11-12,17H,5-10,13-14H2,(H,27,29). The molecular formula is C22H24Cl4N2O3S2. The van der Waals surface area contributed by atoms with Gasteiger partial charge in [-0.1, -0.05) is 58.5 Å². The largest absolute Gasteiger partial charge is 0.355 e. The SMILES string of the molecule is O=C(NCCSCc1ccc(Cl)c(Cl)c1)C1CCN(S(=O)(=O)Cc2ccc(Cl)c(Cl)c2)CC1. The molecule has 1 aliphatic heterocycles. The van der Waals surface area contributed by atoms with Gasteiger partial charge in [-0.05, 0) is 48.2 Å². The number of hydrogen-bond acceptors (Lipinski definition) is 4. The van der Waals surface area contributed by atoms with E-state index in [1.54, 1.807) is 36.0 Å². The van der Waals surface area contributed by atoms with Crippen molar-refractivity contribution in [2.75, 3.05) is 25.4 Å². The van der Waals surface area contributed by atoms with Crippen LogP contribution < -0.4 is 5.32 Å². The van der Waals surface area contributed by atoms with Gasteiger partial charge in [0, 0.05) is 37.1 Å². The summed E-state index contributed by atoms with van der Waals surface area (Å²) in [4.78, 5) is 12.5. The van der Waals surface area contributed by atoms with Gasteiger partial charge in [-0.25, -0.2) is 12.7 Å². The first-order chi connectivity index (χ1) is 15.7. The fourth-order valence-corrected chi connectivity index (χ4v) is 6.54. The number of amides is 1. The highest BCUT2D eigenvalue weighted by Gasteiger charge is 2.31. The Morgan fingerprint density at radius 3 is 2.12 bits per heavy atom. The first-order valence-electron chi connectivity index (χ1n) is 10.4. The van der Waals surface area contributed by atoms with E-state index < -0.39 is 10.0 Å². The van der Waals surface area contributed by atoms with E-state index in [9.17, 15) is 13.2 Å². The van der Waals surface area contributed by atoms with E-state index in [1.165, 1.54) is 4.31 Å². The zero-order valence-corrected chi connectivity index (χ0v) is 22.4. The second-order valence-electron chi connectivity index (χ2n) is 7.77. The average molecular weight is 570 g/mol. The van der Waals surface area contributed by atoms with Crippen LogP contribution in [0.5, 0.6) is 0 Å². The number of hydrogen-bond donors (Lipinski definition) is 1. The lowest BCUT2D eigenvalue weighted by atomic mass is 9.97. The van der Waals surface area contributed by atoms with E-state index in [4.69, 9.17) is 46.4 Å². The number of nitrogens with one attached hydrogen (secondary N) is 1. The van der Waals surface area contributed by atoms with E-state index in [0.717, 1.165) is 17.1 Å². The summed E-state index contributed by atoms with van der Waals surface area (Å²) in [6.07, 6.45) is 1.01. The predicted octanol–water partition coefficient (Wildman–Crippen LogP) is 5.89. The van der Waals surface area contributed by atoms with Crippen LogP contribution in [-0.4, -0.2) is 44.0 Å². The maximum absolute atomic E-state index is 12.8. The van der Waals surface area contributed by atoms with Crippen molar-refractivity contribution in [3.05, 3.63) is 67.6 Å². The van der Waals surface area contributed by atoms with Crippen LogP contribution in [0.1, 0.15) is 24.0 Å². The van der Waals surface area contributed by atoms with Crippen molar-refractivity contribution in [3.8, 4) is 0 Å². The zero-order chi connectivity index (χ0) is 24.0. The summed E-state index contributed by atoms with van der Waals surface area (Å²) in [5.74, 6) is 1.20. The number of carbonyl (C=O) groups is 1. The molecule has 11 heteroatoms. The number of thioether (sulfide) groups is 1. The van der Waals surface area contributed by atoms with Crippen molar-refractivity contribution in [2.24, 2.45) is 5.92 Å². The summed E-state index contributed by atoms with van der Waals surface area (Å²) in [5.41, 5.74) is 1.66. The Bertz CT molecular complexity index is 1090. The van der Waals surface area contributed by atoms with Gasteiger partial charge in [0.05, 0.1) is 25.8 Å². The zero-order valence-electron chi connectivity index (χ0n) is 17.7. The van der Waals surface area contributed by atoms with Gasteiger partial charge >= 0.3 is 0 Å². The number of benzene rings is 2. The van der Waals surface area contributed by atoms with Crippen LogP contribution in [0.15, 0.2) is 36.4 Å². The molecule has 3 rings (SSSR count). The molecule has 1 fully saturated rings. The number of nitrogens with zero attached hydrogens (tertiary/aromatic N) is 1. The van der Waals surface area contributed by atoms with Gasteiger partial charge in [0.2, 0.25) is 15.9 Å². The van der Waals surface area contributed by atoms with Gasteiger partial charge in [0.15, 0.2) is 0 Å². The summed E-state index contributed by atoms with van der Waals surface area (Å²) in [6, 6.07) is 10.4. The van der Waals surface area contributed by atoms with Gasteiger partial charge in [0.25, 0.3) is 0 Å². The van der Waals surface area contributed by atoms with Crippen LogP contribution in [-0.2, 0) is 26.3 Å². The fraction of sp³-hybridized carbons (Fsp3) is 0.409. The molecule has 2 aromatic carbocycles. The van der Waals surface area contributed by atoms with Crippen molar-refractivity contribution < 1.29 is 13.2 Å². The number of carbonyl (C=O) groups excluding carboxylic acids is 1. The van der Waals surface area contributed by atoms with E-state index >= 15 is 0 Å². The highest BCUT2D eigenvalue weighted by atomic mass is 35.5. The first-order valence-corrected chi connectivity index (χ1v) is 14.6. The lowest BCUT2D eigenvalue weighted by molar-refractivity contribution is -0.125. The van der Waals surface area contributed by atoms with Crippen LogP contribution in [0.4, 0.5) is 0 Å². The number of rotatable bonds is 9. The Morgan fingerprint density at radius 2 is 1.52 bits per heavy atom. The van der Waals surface area contributed by atoms with Gasteiger partial charge in [0.1, 0.15) is 0 Å². The third-order valence-corrected chi connectivity index (χ3v) is 9.71. The molecule has 0 aliphatic carbocycles. The Labute approximate surface area is 219 Å². The van der Waals surface area contributed by atoms with Crippen molar-refractivity contribution in [1.29, 1.82) is 0 Å². The monoisotopic (exact) mass is 568 g/mol. The molecule has 0 saturated carbocycles. The smallest absolute Gasteiger partial charge is 0.223 e. The molecule has 1 amide bonds. The fourth-order valence-electron chi connectivity index (χ4n) is 3.54. The average Bonchev–Trinajstić information content (AvgIpc) is 2.78. The summed E-state index contributed by atoms with van der Waals surface area (Å²) < 4.78 is 27.0. The normalized spacial score (nSPS) is 15.5. The molecule has 0 unspecified atom stereocenters. The van der Waals surface area contributed by atoms with E-state index in [2.05, 4.69) is 5.32 Å². The quantitative estimate of drug-likeness (QED) is 0.382. The van der Waals surface area contributed by atoms with Gasteiger partial charge in [-0.3, -0.25) is 4.79 Å². The maximum Gasteiger partial charge on any atom is 0.223 e. The minimum Gasteiger partial charge on any atom is -0.355 e. The molecule has 0 radical (unpaired) electrons. The minimum atomic E-state index is -3.49. The molecule has 0 bridgehead atoms. The summed E-state index contributed by atoms with van der Waals surface area (Å²) >= 11 is 25.5. The highest BCUT2D eigenvalue weighted by molar-refractivity contribution is 7.98. The number of sulfonamides is 1.